The number of carbonyl (C=O) groups is 1. The van der Waals surface area contributed by atoms with Gasteiger partial charge >= 0.3 is 0 Å². The standard InChI is InChI=1S/C13H17NO3S3/c1-2-20(16,17)12-9-19-7-6-14(12)13(15)10-4-3-5-11(18)8-10/h3-5,8,12,18H,2,6-7,9H2,1H3. The second kappa shape index (κ2) is 6.41. The van der Waals surface area contributed by atoms with Crippen LogP contribution in [0.2, 0.25) is 0 Å². The molecule has 110 valence electrons. The van der Waals surface area contributed by atoms with Gasteiger partial charge in [0.1, 0.15) is 5.37 Å². The van der Waals surface area contributed by atoms with Crippen molar-refractivity contribution >= 4 is 40.1 Å². The van der Waals surface area contributed by atoms with Crippen LogP contribution in [0.3, 0.4) is 0 Å². The largest absolute Gasteiger partial charge is 0.320 e. The van der Waals surface area contributed by atoms with Gasteiger partial charge < -0.3 is 4.90 Å². The molecule has 0 spiro atoms. The zero-order valence-corrected chi connectivity index (χ0v) is 13.7. The monoisotopic (exact) mass is 331 g/mol. The van der Waals surface area contributed by atoms with Crippen LogP contribution in [0.1, 0.15) is 17.3 Å². The third-order valence-electron chi connectivity index (χ3n) is 3.26. The average molecular weight is 331 g/mol. The van der Waals surface area contributed by atoms with Crippen molar-refractivity contribution in [2.24, 2.45) is 0 Å². The van der Waals surface area contributed by atoms with Crippen molar-refractivity contribution in [2.75, 3.05) is 23.8 Å². The fraction of sp³-hybridized carbons (Fsp3) is 0.462. The summed E-state index contributed by atoms with van der Waals surface area (Å²) in [4.78, 5) is 14.7. The first-order valence-corrected chi connectivity index (χ1v) is 9.66. The minimum absolute atomic E-state index is 0.0502. The van der Waals surface area contributed by atoms with Crippen molar-refractivity contribution < 1.29 is 13.2 Å². The summed E-state index contributed by atoms with van der Waals surface area (Å²) in [6.07, 6.45) is 0. The number of thiol groups is 1. The van der Waals surface area contributed by atoms with Gasteiger partial charge in [-0.2, -0.15) is 11.8 Å². The molecule has 0 aromatic heterocycles. The summed E-state index contributed by atoms with van der Waals surface area (Å²) < 4.78 is 24.3. The number of rotatable bonds is 3. The Kier molecular flexibility index (Phi) is 5.04. The second-order valence-electron chi connectivity index (χ2n) is 4.53. The lowest BCUT2D eigenvalue weighted by molar-refractivity contribution is 0.0749. The molecule has 1 heterocycles. The Balaban J connectivity index is 2.31. The summed E-state index contributed by atoms with van der Waals surface area (Å²) in [5, 5.41) is -0.720. The van der Waals surface area contributed by atoms with E-state index < -0.39 is 15.2 Å². The van der Waals surface area contributed by atoms with Crippen LogP contribution in [0, 0.1) is 0 Å². The van der Waals surface area contributed by atoms with Crippen LogP contribution in [0.25, 0.3) is 0 Å². The maximum absolute atomic E-state index is 12.5. The molecular weight excluding hydrogens is 314 g/mol. The van der Waals surface area contributed by atoms with E-state index in [0.717, 1.165) is 5.75 Å². The van der Waals surface area contributed by atoms with Crippen molar-refractivity contribution in [1.29, 1.82) is 0 Å². The summed E-state index contributed by atoms with van der Waals surface area (Å²) in [5.41, 5.74) is 0.487. The Morgan fingerprint density at radius 3 is 2.90 bits per heavy atom. The Labute approximate surface area is 129 Å². The molecule has 1 aliphatic heterocycles. The highest BCUT2D eigenvalue weighted by Gasteiger charge is 2.36. The number of hydrogen-bond acceptors (Lipinski definition) is 5. The quantitative estimate of drug-likeness (QED) is 0.860. The topological polar surface area (TPSA) is 54.5 Å². The summed E-state index contributed by atoms with van der Waals surface area (Å²) in [6, 6.07) is 6.89. The van der Waals surface area contributed by atoms with E-state index in [1.807, 2.05) is 0 Å². The normalized spacial score (nSPS) is 19.9. The van der Waals surface area contributed by atoms with Crippen molar-refractivity contribution in [3.8, 4) is 0 Å². The molecule has 1 aromatic carbocycles. The first-order valence-electron chi connectivity index (χ1n) is 6.35. The molecule has 0 aliphatic carbocycles. The molecule has 1 aliphatic rings. The first-order chi connectivity index (χ1) is 9.45. The van der Waals surface area contributed by atoms with Gasteiger partial charge in [0, 0.05) is 34.3 Å². The number of nitrogens with zero attached hydrogens (tertiary/aromatic N) is 1. The molecule has 1 atom stereocenters. The summed E-state index contributed by atoms with van der Waals surface area (Å²) in [6.45, 7) is 2.08. The van der Waals surface area contributed by atoms with Gasteiger partial charge in [-0.15, -0.1) is 12.6 Å². The third kappa shape index (κ3) is 3.32. The molecule has 0 radical (unpaired) electrons. The highest BCUT2D eigenvalue weighted by Crippen LogP contribution is 2.24. The zero-order chi connectivity index (χ0) is 14.8. The van der Waals surface area contributed by atoms with Gasteiger partial charge in [0.2, 0.25) is 0 Å². The Bertz CT molecular complexity index is 601. The lowest BCUT2D eigenvalue weighted by Gasteiger charge is -2.34. The SMILES string of the molecule is CCS(=O)(=O)C1CSCCN1C(=O)c1cccc(S)c1. The molecule has 1 unspecified atom stereocenters. The Morgan fingerprint density at radius 1 is 1.50 bits per heavy atom. The third-order valence-corrected chi connectivity index (χ3v) is 6.82. The molecule has 0 saturated carbocycles. The van der Waals surface area contributed by atoms with Gasteiger partial charge in [0.05, 0.1) is 0 Å². The Morgan fingerprint density at radius 2 is 2.25 bits per heavy atom. The van der Waals surface area contributed by atoms with E-state index >= 15 is 0 Å². The molecule has 0 N–H and O–H groups in total. The molecule has 4 nitrogen and oxygen atoms in total. The number of carbonyl (C=O) groups excluding carboxylic acids is 1. The number of amides is 1. The molecule has 1 aromatic rings. The van der Waals surface area contributed by atoms with Crippen LogP contribution >= 0.6 is 24.4 Å². The van der Waals surface area contributed by atoms with Crippen LogP contribution in [0.15, 0.2) is 29.2 Å². The van der Waals surface area contributed by atoms with Crippen LogP contribution in [-0.2, 0) is 9.84 Å². The molecule has 1 saturated heterocycles. The van der Waals surface area contributed by atoms with E-state index in [0.29, 0.717) is 22.8 Å². The zero-order valence-electron chi connectivity index (χ0n) is 11.2. The molecule has 0 bridgehead atoms. The Hall–Kier alpha value is -0.660. The van der Waals surface area contributed by atoms with Crippen molar-refractivity contribution in [3.63, 3.8) is 0 Å². The van der Waals surface area contributed by atoms with E-state index in [9.17, 15) is 13.2 Å². The fourth-order valence-electron chi connectivity index (χ4n) is 2.11. The lowest BCUT2D eigenvalue weighted by Crippen LogP contribution is -2.50. The first kappa shape index (κ1) is 15.7. The van der Waals surface area contributed by atoms with Crippen LogP contribution in [0.5, 0.6) is 0 Å². The minimum Gasteiger partial charge on any atom is -0.320 e. The maximum atomic E-state index is 12.5. The van der Waals surface area contributed by atoms with E-state index in [4.69, 9.17) is 0 Å². The number of thioether (sulfide) groups is 1. The van der Waals surface area contributed by atoms with Crippen molar-refractivity contribution in [3.05, 3.63) is 29.8 Å². The van der Waals surface area contributed by atoms with Gasteiger partial charge in [-0.25, -0.2) is 8.42 Å². The smallest absolute Gasteiger partial charge is 0.255 e. The second-order valence-corrected chi connectivity index (χ2v) is 8.64. The number of benzene rings is 1. The highest BCUT2D eigenvalue weighted by molar-refractivity contribution is 8.01. The minimum atomic E-state index is -3.27. The van der Waals surface area contributed by atoms with Gasteiger partial charge in [0.15, 0.2) is 9.84 Å². The van der Waals surface area contributed by atoms with Gasteiger partial charge in [-0.3, -0.25) is 4.79 Å². The van der Waals surface area contributed by atoms with E-state index in [-0.39, 0.29) is 11.7 Å². The molecule has 1 amide bonds. The predicted molar refractivity (Wildman–Crippen MR) is 85.3 cm³/mol. The van der Waals surface area contributed by atoms with Crippen LogP contribution in [-0.4, -0.2) is 48.4 Å². The van der Waals surface area contributed by atoms with Crippen LogP contribution in [0.4, 0.5) is 0 Å². The van der Waals surface area contributed by atoms with Gasteiger partial charge in [-0.05, 0) is 18.2 Å². The number of sulfone groups is 1. The van der Waals surface area contributed by atoms with Gasteiger partial charge in [-0.1, -0.05) is 13.0 Å². The number of hydrogen-bond donors (Lipinski definition) is 1. The van der Waals surface area contributed by atoms with E-state index in [1.54, 1.807) is 43.0 Å². The van der Waals surface area contributed by atoms with Crippen molar-refractivity contribution in [2.45, 2.75) is 17.2 Å². The molecular formula is C13H17NO3S3. The van der Waals surface area contributed by atoms with E-state index in [1.165, 1.54) is 4.90 Å². The lowest BCUT2D eigenvalue weighted by atomic mass is 10.2. The fourth-order valence-corrected chi connectivity index (χ4v) is 5.30. The van der Waals surface area contributed by atoms with Crippen LogP contribution < -0.4 is 0 Å². The average Bonchev–Trinajstić information content (AvgIpc) is 2.46. The summed E-state index contributed by atoms with van der Waals surface area (Å²) in [5.74, 6) is 1.03. The molecule has 7 heteroatoms. The predicted octanol–water partition coefficient (Wildman–Crippen LogP) is 1.93. The highest BCUT2D eigenvalue weighted by atomic mass is 32.2. The van der Waals surface area contributed by atoms with Gasteiger partial charge in [0.25, 0.3) is 5.91 Å². The summed E-state index contributed by atoms with van der Waals surface area (Å²) >= 11 is 5.79. The maximum Gasteiger partial charge on any atom is 0.255 e. The van der Waals surface area contributed by atoms with E-state index in [2.05, 4.69) is 12.6 Å². The molecule has 2 rings (SSSR count). The summed E-state index contributed by atoms with van der Waals surface area (Å²) in [7, 11) is -3.27. The van der Waals surface area contributed by atoms with Crippen molar-refractivity contribution in [1.82, 2.24) is 4.90 Å². The molecule has 1 fully saturated rings. The molecule has 20 heavy (non-hydrogen) atoms.